The Labute approximate surface area is 119 Å². The lowest BCUT2D eigenvalue weighted by Gasteiger charge is -2.44. The Morgan fingerprint density at radius 2 is 2.37 bits per heavy atom. The predicted octanol–water partition coefficient (Wildman–Crippen LogP) is 1.96. The van der Waals surface area contributed by atoms with Gasteiger partial charge in [-0.05, 0) is 24.5 Å². The molecule has 0 radical (unpaired) electrons. The maximum Gasteiger partial charge on any atom is 0.0875 e. The molecular weight excluding hydrogens is 258 g/mol. The van der Waals surface area contributed by atoms with E-state index in [1.807, 2.05) is 19.3 Å². The summed E-state index contributed by atoms with van der Waals surface area (Å²) < 4.78 is 0. The molecule has 1 heterocycles. The molecule has 1 aliphatic rings. The molecule has 0 aliphatic heterocycles. The van der Waals surface area contributed by atoms with Crippen LogP contribution >= 0.6 is 12.2 Å². The van der Waals surface area contributed by atoms with Crippen LogP contribution in [0.4, 0.5) is 0 Å². The molecule has 0 bridgehead atoms. The monoisotopic (exact) mass is 279 g/mol. The molecule has 4 nitrogen and oxygen atoms in total. The predicted molar refractivity (Wildman–Crippen MR) is 80.0 cm³/mol. The van der Waals surface area contributed by atoms with Crippen molar-refractivity contribution in [3.8, 4) is 0 Å². The normalized spacial score (nSPS) is 26.9. The van der Waals surface area contributed by atoms with Crippen LogP contribution in [-0.2, 0) is 10.3 Å². The maximum atomic E-state index is 5.63. The topological polar surface area (TPSA) is 46.2 Å². The van der Waals surface area contributed by atoms with Crippen molar-refractivity contribution in [3.63, 3.8) is 0 Å². The largest absolute Gasteiger partial charge is 0.382 e. The van der Waals surface area contributed by atoms with Crippen LogP contribution in [-0.4, -0.2) is 30.2 Å². The molecule has 2 atom stereocenters. The summed E-state index contributed by atoms with van der Waals surface area (Å²) in [5.74, 6) is 0. The summed E-state index contributed by atoms with van der Waals surface area (Å²) in [5.41, 5.74) is 4.06. The van der Waals surface area contributed by atoms with Crippen molar-refractivity contribution in [1.29, 1.82) is 0 Å². The molecule has 0 amide bonds. The second-order valence-electron chi connectivity index (χ2n) is 4.91. The summed E-state index contributed by atoms with van der Waals surface area (Å²) in [7, 11) is 3.55. The summed E-state index contributed by atoms with van der Waals surface area (Å²) >= 11 is 5.63. The van der Waals surface area contributed by atoms with E-state index in [2.05, 4.69) is 21.8 Å². The highest BCUT2D eigenvalue weighted by molar-refractivity contribution is 7.80. The first kappa shape index (κ1) is 14.4. The van der Waals surface area contributed by atoms with E-state index in [1.165, 1.54) is 12.8 Å². The minimum Gasteiger partial charge on any atom is -0.382 e. The molecule has 104 valence electrons. The Kier molecular flexibility index (Phi) is 4.85. The van der Waals surface area contributed by atoms with E-state index in [4.69, 9.17) is 17.1 Å². The van der Waals surface area contributed by atoms with Gasteiger partial charge >= 0.3 is 0 Å². The van der Waals surface area contributed by atoms with Crippen LogP contribution in [0, 0.1) is 0 Å². The second-order valence-corrected chi connectivity index (χ2v) is 5.32. The molecule has 0 saturated heterocycles. The summed E-state index contributed by atoms with van der Waals surface area (Å²) in [4.78, 5) is 10.3. The third-order valence-corrected chi connectivity index (χ3v) is 4.55. The van der Waals surface area contributed by atoms with Crippen LogP contribution in [0.5, 0.6) is 0 Å². The lowest BCUT2D eigenvalue weighted by Crippen LogP contribution is -2.57. The van der Waals surface area contributed by atoms with Crippen LogP contribution in [0.15, 0.2) is 24.5 Å². The van der Waals surface area contributed by atoms with Gasteiger partial charge in [-0.1, -0.05) is 31.1 Å². The molecule has 2 N–H and O–H groups in total. The van der Waals surface area contributed by atoms with Gasteiger partial charge in [-0.3, -0.25) is 4.98 Å². The molecule has 1 aromatic rings. The number of likely N-dealkylation sites (N-methyl/N-ethyl adjacent to an activating group) is 1. The van der Waals surface area contributed by atoms with Crippen LogP contribution in [0.2, 0.25) is 0 Å². The summed E-state index contributed by atoms with van der Waals surface area (Å²) in [6.07, 6.45) is 8.12. The zero-order valence-electron chi connectivity index (χ0n) is 11.5. The summed E-state index contributed by atoms with van der Waals surface area (Å²) in [6, 6.07) is 4.25. The Morgan fingerprint density at radius 1 is 1.53 bits per heavy atom. The molecule has 1 fully saturated rings. The minimum atomic E-state index is -0.230. The van der Waals surface area contributed by atoms with Gasteiger partial charge in [-0.15, -0.1) is 0 Å². The number of nitrogens with one attached hydrogen (secondary N) is 2. The maximum absolute atomic E-state index is 5.63. The lowest BCUT2D eigenvalue weighted by molar-refractivity contribution is 0.0305. The van der Waals surface area contributed by atoms with E-state index in [0.717, 1.165) is 23.4 Å². The molecular formula is C14H21N3OS. The Bertz CT molecular complexity index is 424. The summed E-state index contributed by atoms with van der Waals surface area (Å²) in [6.45, 7) is 0. The van der Waals surface area contributed by atoms with E-state index in [9.17, 15) is 0 Å². The second kappa shape index (κ2) is 6.41. The highest BCUT2D eigenvalue weighted by Gasteiger charge is 2.45. The standard InChI is InChI=1S/C14H21N3OS/c1-15-13(19)14(11-6-5-9-16-10-11)8-4-3-7-12(14)17-18-2/h5-6,9-10,12,17H,3-4,7-8H2,1-2H3,(H,15,19)/t12-,14+/m0/s1. The SMILES string of the molecule is CNC(=S)[C@@]1(c2cccnc2)CCCC[C@@H]1NOC. The van der Waals surface area contributed by atoms with Crippen molar-refractivity contribution in [2.75, 3.05) is 14.2 Å². The Hall–Kier alpha value is -1.04. The van der Waals surface area contributed by atoms with E-state index in [1.54, 1.807) is 13.3 Å². The minimum absolute atomic E-state index is 0.176. The number of pyridine rings is 1. The van der Waals surface area contributed by atoms with Crippen LogP contribution in [0.25, 0.3) is 0 Å². The third kappa shape index (κ3) is 2.63. The molecule has 2 rings (SSSR count). The van der Waals surface area contributed by atoms with Crippen LogP contribution in [0.3, 0.4) is 0 Å². The molecule has 1 aliphatic carbocycles. The molecule has 0 aromatic carbocycles. The van der Waals surface area contributed by atoms with Crippen molar-refractivity contribution < 1.29 is 4.84 Å². The average Bonchev–Trinajstić information content (AvgIpc) is 2.48. The zero-order chi connectivity index (χ0) is 13.7. The first-order chi connectivity index (χ1) is 9.25. The first-order valence-electron chi connectivity index (χ1n) is 6.67. The fraction of sp³-hybridized carbons (Fsp3) is 0.571. The van der Waals surface area contributed by atoms with Gasteiger partial charge in [0, 0.05) is 25.5 Å². The van der Waals surface area contributed by atoms with Crippen molar-refractivity contribution in [2.24, 2.45) is 0 Å². The van der Waals surface area contributed by atoms with Gasteiger partial charge in [0.1, 0.15) is 0 Å². The van der Waals surface area contributed by atoms with Gasteiger partial charge in [0.05, 0.1) is 17.5 Å². The van der Waals surface area contributed by atoms with E-state index in [-0.39, 0.29) is 11.5 Å². The highest BCUT2D eigenvalue weighted by atomic mass is 32.1. The third-order valence-electron chi connectivity index (χ3n) is 3.98. The highest BCUT2D eigenvalue weighted by Crippen LogP contribution is 2.40. The molecule has 0 spiro atoms. The molecule has 5 heteroatoms. The number of thiocarbonyl (C=S) groups is 1. The van der Waals surface area contributed by atoms with Crippen molar-refractivity contribution >= 4 is 17.2 Å². The van der Waals surface area contributed by atoms with Gasteiger partial charge in [0.2, 0.25) is 0 Å². The van der Waals surface area contributed by atoms with Crippen molar-refractivity contribution in [2.45, 2.75) is 37.1 Å². The lowest BCUT2D eigenvalue weighted by atomic mass is 9.66. The molecule has 19 heavy (non-hydrogen) atoms. The quantitative estimate of drug-likeness (QED) is 0.652. The molecule has 0 unspecified atom stereocenters. The fourth-order valence-electron chi connectivity index (χ4n) is 3.07. The average molecular weight is 279 g/mol. The number of nitrogens with zero attached hydrogens (tertiary/aromatic N) is 1. The Morgan fingerprint density at radius 3 is 3.00 bits per heavy atom. The number of hydrogen-bond acceptors (Lipinski definition) is 4. The smallest absolute Gasteiger partial charge is 0.0875 e. The van der Waals surface area contributed by atoms with Crippen LogP contribution < -0.4 is 10.8 Å². The van der Waals surface area contributed by atoms with Gasteiger partial charge in [-0.25, -0.2) is 0 Å². The first-order valence-corrected chi connectivity index (χ1v) is 7.07. The Balaban J connectivity index is 2.46. The summed E-state index contributed by atoms with van der Waals surface area (Å²) in [5, 5.41) is 3.17. The number of aromatic nitrogens is 1. The van der Waals surface area contributed by atoms with Crippen LogP contribution in [0.1, 0.15) is 31.2 Å². The van der Waals surface area contributed by atoms with Gasteiger partial charge in [-0.2, -0.15) is 5.48 Å². The van der Waals surface area contributed by atoms with Crippen molar-refractivity contribution in [1.82, 2.24) is 15.8 Å². The molecule has 1 saturated carbocycles. The number of hydroxylamine groups is 1. The van der Waals surface area contributed by atoms with E-state index in [0.29, 0.717) is 0 Å². The van der Waals surface area contributed by atoms with Gasteiger partial charge < -0.3 is 10.2 Å². The fourth-order valence-corrected chi connectivity index (χ4v) is 3.43. The number of hydrogen-bond donors (Lipinski definition) is 2. The number of rotatable bonds is 4. The van der Waals surface area contributed by atoms with E-state index >= 15 is 0 Å². The zero-order valence-corrected chi connectivity index (χ0v) is 12.3. The van der Waals surface area contributed by atoms with Gasteiger partial charge in [0.15, 0.2) is 0 Å². The van der Waals surface area contributed by atoms with E-state index < -0.39 is 0 Å². The van der Waals surface area contributed by atoms with Crippen molar-refractivity contribution in [3.05, 3.63) is 30.1 Å². The van der Waals surface area contributed by atoms with Gasteiger partial charge in [0.25, 0.3) is 0 Å². The molecule has 1 aromatic heterocycles.